The lowest BCUT2D eigenvalue weighted by molar-refractivity contribution is 0.102. The molecule has 32 heavy (non-hydrogen) atoms. The summed E-state index contributed by atoms with van der Waals surface area (Å²) < 4.78 is 2.34. The standard InChI is InChI=1S/C27H27N3OS/c31-25(21-11-3-1-4-12-21)19-32-27-29-28-26(30(27)23-15-5-2-6-16-23)18-22-14-9-13-20-10-7-8-17-24(20)22/h1,3-4,7-14,17,23H,2,5-6,15-16,18-19H2. The van der Waals surface area contributed by atoms with Gasteiger partial charge in [-0.05, 0) is 29.2 Å². The van der Waals surface area contributed by atoms with Gasteiger partial charge in [0.1, 0.15) is 5.82 Å². The van der Waals surface area contributed by atoms with Crippen molar-refractivity contribution in [1.82, 2.24) is 14.8 Å². The van der Waals surface area contributed by atoms with E-state index in [0.29, 0.717) is 11.8 Å². The Hall–Kier alpha value is -2.92. The summed E-state index contributed by atoms with van der Waals surface area (Å²) >= 11 is 1.52. The molecule has 5 heteroatoms. The molecule has 0 atom stereocenters. The molecule has 5 rings (SSSR count). The van der Waals surface area contributed by atoms with Crippen LogP contribution in [0.1, 0.15) is 59.9 Å². The molecule has 1 aromatic heterocycles. The van der Waals surface area contributed by atoms with E-state index in [0.717, 1.165) is 35.8 Å². The minimum Gasteiger partial charge on any atom is -0.303 e. The van der Waals surface area contributed by atoms with Crippen molar-refractivity contribution < 1.29 is 4.79 Å². The van der Waals surface area contributed by atoms with Gasteiger partial charge in [-0.2, -0.15) is 0 Å². The maximum atomic E-state index is 12.7. The largest absolute Gasteiger partial charge is 0.303 e. The van der Waals surface area contributed by atoms with Gasteiger partial charge in [0.05, 0.1) is 5.75 Å². The summed E-state index contributed by atoms with van der Waals surface area (Å²) in [5.74, 6) is 1.51. The van der Waals surface area contributed by atoms with Crippen LogP contribution in [0, 0.1) is 0 Å². The molecule has 0 unspecified atom stereocenters. The SMILES string of the molecule is O=C(CSc1nnc(Cc2cccc3ccccc23)n1C1CCCCC1)c1ccccc1. The average molecular weight is 442 g/mol. The van der Waals surface area contributed by atoms with Crippen LogP contribution in [0.4, 0.5) is 0 Å². The lowest BCUT2D eigenvalue weighted by Crippen LogP contribution is -2.17. The molecule has 1 aliphatic rings. The van der Waals surface area contributed by atoms with Gasteiger partial charge in [-0.25, -0.2) is 0 Å². The molecule has 0 N–H and O–H groups in total. The van der Waals surface area contributed by atoms with Gasteiger partial charge < -0.3 is 4.57 Å². The van der Waals surface area contributed by atoms with Crippen molar-refractivity contribution in [2.24, 2.45) is 0 Å². The van der Waals surface area contributed by atoms with Gasteiger partial charge in [0, 0.05) is 18.0 Å². The maximum absolute atomic E-state index is 12.7. The summed E-state index contributed by atoms with van der Waals surface area (Å²) in [6.45, 7) is 0. The number of hydrogen-bond acceptors (Lipinski definition) is 4. The van der Waals surface area contributed by atoms with E-state index in [1.807, 2.05) is 30.3 Å². The Bertz CT molecular complexity index is 1210. The first-order valence-electron chi connectivity index (χ1n) is 11.4. The van der Waals surface area contributed by atoms with E-state index >= 15 is 0 Å². The highest BCUT2D eigenvalue weighted by molar-refractivity contribution is 7.99. The molecular weight excluding hydrogens is 414 g/mol. The van der Waals surface area contributed by atoms with Gasteiger partial charge in [-0.15, -0.1) is 10.2 Å². The second kappa shape index (κ2) is 9.70. The third-order valence-corrected chi connectivity index (χ3v) is 7.27. The van der Waals surface area contributed by atoms with Crippen LogP contribution in [-0.2, 0) is 6.42 Å². The van der Waals surface area contributed by atoms with Gasteiger partial charge in [0.25, 0.3) is 0 Å². The molecule has 0 saturated heterocycles. The van der Waals surface area contributed by atoms with Crippen LogP contribution in [0.25, 0.3) is 10.8 Å². The number of carbonyl (C=O) groups is 1. The Kier molecular flexibility index (Phi) is 6.35. The summed E-state index contributed by atoms with van der Waals surface area (Å²) in [4.78, 5) is 12.7. The lowest BCUT2D eigenvalue weighted by atomic mass is 9.95. The van der Waals surface area contributed by atoms with E-state index in [9.17, 15) is 4.79 Å². The Labute approximate surface area is 193 Å². The van der Waals surface area contributed by atoms with Crippen molar-refractivity contribution in [3.63, 3.8) is 0 Å². The van der Waals surface area contributed by atoms with Gasteiger partial charge in [0.15, 0.2) is 10.9 Å². The molecule has 1 saturated carbocycles. The second-order valence-corrected chi connectivity index (χ2v) is 9.40. The number of hydrogen-bond donors (Lipinski definition) is 0. The van der Waals surface area contributed by atoms with Crippen molar-refractivity contribution in [3.05, 3.63) is 89.7 Å². The third kappa shape index (κ3) is 4.49. The molecular formula is C27H27N3OS. The summed E-state index contributed by atoms with van der Waals surface area (Å²) in [6.07, 6.45) is 6.83. The zero-order valence-corrected chi connectivity index (χ0v) is 18.9. The number of carbonyl (C=O) groups excluding carboxylic acids is 1. The minimum atomic E-state index is 0.129. The van der Waals surface area contributed by atoms with Gasteiger partial charge >= 0.3 is 0 Å². The maximum Gasteiger partial charge on any atom is 0.191 e. The Morgan fingerprint density at radius 2 is 1.62 bits per heavy atom. The van der Waals surface area contributed by atoms with Gasteiger partial charge in [0.2, 0.25) is 0 Å². The number of aromatic nitrogens is 3. The fourth-order valence-corrected chi connectivity index (χ4v) is 5.61. The van der Waals surface area contributed by atoms with Gasteiger partial charge in [-0.3, -0.25) is 4.79 Å². The van der Waals surface area contributed by atoms with Crippen LogP contribution in [0.5, 0.6) is 0 Å². The first-order chi connectivity index (χ1) is 15.8. The molecule has 1 aliphatic carbocycles. The fourth-order valence-electron chi connectivity index (χ4n) is 4.69. The molecule has 4 aromatic rings. The van der Waals surface area contributed by atoms with Gasteiger partial charge in [-0.1, -0.05) is 104 Å². The van der Waals surface area contributed by atoms with Crippen molar-refractivity contribution in [1.29, 1.82) is 0 Å². The molecule has 0 radical (unpaired) electrons. The monoisotopic (exact) mass is 441 g/mol. The summed E-state index contributed by atoms with van der Waals surface area (Å²) in [5.41, 5.74) is 2.02. The van der Waals surface area contributed by atoms with Crippen LogP contribution in [0.2, 0.25) is 0 Å². The van der Waals surface area contributed by atoms with E-state index in [1.54, 1.807) is 0 Å². The highest BCUT2D eigenvalue weighted by Gasteiger charge is 2.24. The number of benzene rings is 3. The van der Waals surface area contributed by atoms with Crippen molar-refractivity contribution in [2.45, 2.75) is 49.7 Å². The van der Waals surface area contributed by atoms with E-state index < -0.39 is 0 Å². The molecule has 0 spiro atoms. The molecule has 0 amide bonds. The van der Waals surface area contributed by atoms with Crippen molar-refractivity contribution >= 4 is 28.3 Å². The molecule has 162 valence electrons. The van der Waals surface area contributed by atoms with Crippen LogP contribution in [-0.4, -0.2) is 26.3 Å². The quantitative estimate of drug-likeness (QED) is 0.242. The van der Waals surface area contributed by atoms with Crippen LogP contribution in [0.3, 0.4) is 0 Å². The third-order valence-electron chi connectivity index (χ3n) is 6.33. The predicted molar refractivity (Wildman–Crippen MR) is 130 cm³/mol. The number of Topliss-reactive ketones (excluding diaryl/α,β-unsaturated/α-hetero) is 1. The Morgan fingerprint density at radius 1 is 0.875 bits per heavy atom. The summed E-state index contributed by atoms with van der Waals surface area (Å²) in [5, 5.41) is 12.6. The highest BCUT2D eigenvalue weighted by Crippen LogP contribution is 2.34. The number of fused-ring (bicyclic) bond motifs is 1. The molecule has 3 aromatic carbocycles. The first-order valence-corrected chi connectivity index (χ1v) is 12.4. The zero-order valence-electron chi connectivity index (χ0n) is 18.1. The van der Waals surface area contributed by atoms with Crippen LogP contribution >= 0.6 is 11.8 Å². The van der Waals surface area contributed by atoms with Crippen LogP contribution in [0.15, 0.2) is 78.0 Å². The molecule has 4 nitrogen and oxygen atoms in total. The fraction of sp³-hybridized carbons (Fsp3) is 0.296. The normalized spacial score (nSPS) is 14.6. The van der Waals surface area contributed by atoms with E-state index in [4.69, 9.17) is 0 Å². The molecule has 0 bridgehead atoms. The summed E-state index contributed by atoms with van der Waals surface area (Å²) in [6, 6.07) is 24.9. The number of thioether (sulfide) groups is 1. The molecule has 1 heterocycles. The number of ketones is 1. The number of nitrogens with zero attached hydrogens (tertiary/aromatic N) is 3. The molecule has 0 aliphatic heterocycles. The Morgan fingerprint density at radius 3 is 2.47 bits per heavy atom. The number of rotatable bonds is 7. The van der Waals surface area contributed by atoms with Crippen molar-refractivity contribution in [2.75, 3.05) is 5.75 Å². The topological polar surface area (TPSA) is 47.8 Å². The minimum absolute atomic E-state index is 0.129. The van der Waals surface area contributed by atoms with E-state index in [2.05, 4.69) is 57.2 Å². The smallest absolute Gasteiger partial charge is 0.191 e. The Balaban J connectivity index is 1.43. The predicted octanol–water partition coefficient (Wildman–Crippen LogP) is 6.50. The average Bonchev–Trinajstić information content (AvgIpc) is 3.26. The van der Waals surface area contributed by atoms with Crippen molar-refractivity contribution in [3.8, 4) is 0 Å². The summed E-state index contributed by atoms with van der Waals surface area (Å²) in [7, 11) is 0. The molecule has 1 fully saturated rings. The first kappa shape index (κ1) is 21.0. The van der Waals surface area contributed by atoms with Crippen LogP contribution < -0.4 is 0 Å². The highest BCUT2D eigenvalue weighted by atomic mass is 32.2. The van der Waals surface area contributed by atoms with E-state index in [-0.39, 0.29) is 5.78 Å². The zero-order chi connectivity index (χ0) is 21.8. The lowest BCUT2D eigenvalue weighted by Gasteiger charge is -2.25. The second-order valence-electron chi connectivity index (χ2n) is 8.45. The van der Waals surface area contributed by atoms with E-state index in [1.165, 1.54) is 47.4 Å².